The molecule has 1 aromatic carbocycles. The van der Waals surface area contributed by atoms with Crippen molar-refractivity contribution in [3.63, 3.8) is 0 Å². The molecule has 0 saturated carbocycles. The van der Waals surface area contributed by atoms with Gasteiger partial charge in [0.25, 0.3) is 5.69 Å². The lowest BCUT2D eigenvalue weighted by Gasteiger charge is -1.99. The van der Waals surface area contributed by atoms with E-state index in [1.807, 2.05) is 0 Å². The minimum atomic E-state index is -0.478. The number of pyridine rings is 1. The Hall–Kier alpha value is -3.55. The predicted molar refractivity (Wildman–Crippen MR) is 94.0 cm³/mol. The number of fused-ring (bicyclic) bond motifs is 1. The van der Waals surface area contributed by atoms with Crippen LogP contribution in [0.5, 0.6) is 0 Å². The van der Waals surface area contributed by atoms with Gasteiger partial charge in [0.1, 0.15) is 11.5 Å². The van der Waals surface area contributed by atoms with E-state index < -0.39 is 4.92 Å². The fraction of sp³-hybridized carbons (Fsp3) is 0.111. The quantitative estimate of drug-likeness (QED) is 0.419. The van der Waals surface area contributed by atoms with E-state index in [0.29, 0.717) is 24.2 Å². The lowest BCUT2D eigenvalue weighted by Crippen LogP contribution is -2.23. The zero-order chi connectivity index (χ0) is 18.5. The number of amides is 1. The summed E-state index contributed by atoms with van der Waals surface area (Å²) in [6.45, 7) is 0.385. The molecule has 132 valence electrons. The van der Waals surface area contributed by atoms with Gasteiger partial charge in [-0.25, -0.2) is 9.37 Å². The predicted octanol–water partition coefficient (Wildman–Crippen LogP) is 2.75. The molecule has 0 fully saturated rings. The van der Waals surface area contributed by atoms with E-state index >= 15 is 0 Å². The number of hydrogen-bond donors (Lipinski definition) is 1. The summed E-state index contributed by atoms with van der Waals surface area (Å²) >= 11 is 0. The smallest absolute Gasteiger partial charge is 0.269 e. The van der Waals surface area contributed by atoms with Crippen LogP contribution in [0.3, 0.4) is 0 Å². The standard InChI is InChI=1S/C18H15FN4O3/c19-14-4-7-17-21-15(12-22(17)11-14)9-10-20-18(24)8-3-13-1-5-16(6-2-13)23(25)26/h1-8,11-12H,9-10H2,(H,20,24)/b8-3+. The maximum atomic E-state index is 13.1. The molecule has 3 aromatic rings. The van der Waals surface area contributed by atoms with E-state index in [-0.39, 0.29) is 17.4 Å². The van der Waals surface area contributed by atoms with Gasteiger partial charge in [-0.3, -0.25) is 14.9 Å². The Kier molecular flexibility index (Phi) is 5.02. The van der Waals surface area contributed by atoms with Crippen molar-refractivity contribution in [2.24, 2.45) is 0 Å². The van der Waals surface area contributed by atoms with E-state index in [1.54, 1.807) is 34.9 Å². The Morgan fingerprint density at radius 2 is 2.00 bits per heavy atom. The highest BCUT2D eigenvalue weighted by Crippen LogP contribution is 2.12. The number of carbonyl (C=O) groups excluding carboxylic acids is 1. The number of carbonyl (C=O) groups is 1. The van der Waals surface area contributed by atoms with Crippen molar-refractivity contribution in [2.75, 3.05) is 6.54 Å². The van der Waals surface area contributed by atoms with Crippen molar-refractivity contribution in [2.45, 2.75) is 6.42 Å². The van der Waals surface area contributed by atoms with Crippen LogP contribution in [-0.4, -0.2) is 26.8 Å². The number of hydrogen-bond acceptors (Lipinski definition) is 4. The number of non-ortho nitro benzene ring substituents is 1. The first-order valence-corrected chi connectivity index (χ1v) is 7.85. The largest absolute Gasteiger partial charge is 0.352 e. The van der Waals surface area contributed by atoms with Gasteiger partial charge >= 0.3 is 0 Å². The number of aromatic nitrogens is 2. The number of nitro benzene ring substituents is 1. The zero-order valence-corrected chi connectivity index (χ0v) is 13.6. The second kappa shape index (κ2) is 7.56. The number of imidazole rings is 1. The van der Waals surface area contributed by atoms with E-state index in [4.69, 9.17) is 0 Å². The molecule has 0 radical (unpaired) electrons. The molecule has 26 heavy (non-hydrogen) atoms. The first kappa shape index (κ1) is 17.3. The normalized spacial score (nSPS) is 11.1. The molecule has 1 amide bonds. The van der Waals surface area contributed by atoms with Crippen LogP contribution >= 0.6 is 0 Å². The SMILES string of the molecule is O=C(/C=C/c1ccc([N+](=O)[O-])cc1)NCCc1cn2cc(F)ccc2n1. The number of nitrogens with zero attached hydrogens (tertiary/aromatic N) is 3. The van der Waals surface area contributed by atoms with Crippen LogP contribution in [0.2, 0.25) is 0 Å². The van der Waals surface area contributed by atoms with Gasteiger partial charge in [0.2, 0.25) is 5.91 Å². The van der Waals surface area contributed by atoms with Crippen molar-refractivity contribution >= 4 is 23.3 Å². The molecule has 0 atom stereocenters. The molecular formula is C18H15FN4O3. The Morgan fingerprint density at radius 3 is 2.73 bits per heavy atom. The highest BCUT2D eigenvalue weighted by Gasteiger charge is 2.04. The third-order valence-corrected chi connectivity index (χ3v) is 3.68. The van der Waals surface area contributed by atoms with Gasteiger partial charge in [0, 0.05) is 43.6 Å². The van der Waals surface area contributed by atoms with Gasteiger partial charge in [-0.1, -0.05) is 0 Å². The molecule has 0 spiro atoms. The molecule has 1 N–H and O–H groups in total. The van der Waals surface area contributed by atoms with Crippen LogP contribution in [-0.2, 0) is 11.2 Å². The Balaban J connectivity index is 1.50. The van der Waals surface area contributed by atoms with Crippen molar-refractivity contribution in [3.8, 4) is 0 Å². The first-order chi connectivity index (χ1) is 12.5. The third-order valence-electron chi connectivity index (χ3n) is 3.68. The highest BCUT2D eigenvalue weighted by molar-refractivity contribution is 5.91. The number of rotatable bonds is 6. The summed E-state index contributed by atoms with van der Waals surface area (Å²) in [5, 5.41) is 13.3. The van der Waals surface area contributed by atoms with Gasteiger partial charge in [-0.2, -0.15) is 0 Å². The fourth-order valence-electron chi connectivity index (χ4n) is 2.39. The van der Waals surface area contributed by atoms with Crippen LogP contribution in [0.1, 0.15) is 11.3 Å². The van der Waals surface area contributed by atoms with E-state index in [2.05, 4.69) is 10.3 Å². The Labute approximate surface area is 147 Å². The van der Waals surface area contributed by atoms with Crippen LogP contribution in [0.15, 0.2) is 54.9 Å². The van der Waals surface area contributed by atoms with Crippen LogP contribution < -0.4 is 5.32 Å². The summed E-state index contributed by atoms with van der Waals surface area (Å²) in [7, 11) is 0. The average molecular weight is 354 g/mol. The molecule has 0 bridgehead atoms. The van der Waals surface area contributed by atoms with E-state index in [9.17, 15) is 19.3 Å². The minimum absolute atomic E-state index is 0.000984. The summed E-state index contributed by atoms with van der Waals surface area (Å²) in [4.78, 5) is 26.3. The molecule has 0 unspecified atom stereocenters. The monoisotopic (exact) mass is 354 g/mol. The second-order valence-electron chi connectivity index (χ2n) is 5.57. The van der Waals surface area contributed by atoms with Crippen molar-refractivity contribution < 1.29 is 14.1 Å². The van der Waals surface area contributed by atoms with Gasteiger partial charge < -0.3 is 9.72 Å². The second-order valence-corrected chi connectivity index (χ2v) is 5.57. The van der Waals surface area contributed by atoms with Gasteiger partial charge in [0.05, 0.1) is 10.6 Å². The molecule has 2 aromatic heterocycles. The van der Waals surface area contributed by atoms with E-state index in [1.165, 1.54) is 30.5 Å². The van der Waals surface area contributed by atoms with Crippen LogP contribution in [0.25, 0.3) is 11.7 Å². The molecule has 7 nitrogen and oxygen atoms in total. The summed E-state index contributed by atoms with van der Waals surface area (Å²) in [6, 6.07) is 8.82. The van der Waals surface area contributed by atoms with Crippen molar-refractivity contribution in [3.05, 3.63) is 82.1 Å². The van der Waals surface area contributed by atoms with E-state index in [0.717, 1.165) is 5.69 Å². The Bertz CT molecular complexity index is 980. The third kappa shape index (κ3) is 4.29. The lowest BCUT2D eigenvalue weighted by molar-refractivity contribution is -0.384. The maximum absolute atomic E-state index is 13.1. The summed E-state index contributed by atoms with van der Waals surface area (Å²) in [6.07, 6.45) is 6.52. The molecular weight excluding hydrogens is 339 g/mol. The summed E-state index contributed by atoms with van der Waals surface area (Å²) in [5.74, 6) is -0.621. The van der Waals surface area contributed by atoms with Gasteiger partial charge in [-0.05, 0) is 35.9 Å². The van der Waals surface area contributed by atoms with Crippen LogP contribution in [0, 0.1) is 15.9 Å². The number of nitrogens with one attached hydrogen (secondary N) is 1. The van der Waals surface area contributed by atoms with Crippen molar-refractivity contribution in [1.29, 1.82) is 0 Å². The van der Waals surface area contributed by atoms with Gasteiger partial charge in [0.15, 0.2) is 0 Å². The number of benzene rings is 1. The molecule has 8 heteroatoms. The number of nitro groups is 1. The lowest BCUT2D eigenvalue weighted by atomic mass is 10.2. The van der Waals surface area contributed by atoms with Gasteiger partial charge in [-0.15, -0.1) is 0 Å². The molecule has 0 aliphatic carbocycles. The molecule has 2 heterocycles. The first-order valence-electron chi connectivity index (χ1n) is 7.85. The fourth-order valence-corrected chi connectivity index (χ4v) is 2.39. The molecule has 3 rings (SSSR count). The molecule has 0 saturated heterocycles. The highest BCUT2D eigenvalue weighted by atomic mass is 19.1. The maximum Gasteiger partial charge on any atom is 0.269 e. The average Bonchev–Trinajstić information content (AvgIpc) is 3.02. The zero-order valence-electron chi connectivity index (χ0n) is 13.6. The minimum Gasteiger partial charge on any atom is -0.352 e. The van der Waals surface area contributed by atoms with Crippen molar-refractivity contribution in [1.82, 2.24) is 14.7 Å². The summed E-state index contributed by atoms with van der Waals surface area (Å²) in [5.41, 5.74) is 2.08. The molecule has 0 aliphatic heterocycles. The topological polar surface area (TPSA) is 89.5 Å². The molecule has 0 aliphatic rings. The Morgan fingerprint density at radius 1 is 1.23 bits per heavy atom. The summed E-state index contributed by atoms with van der Waals surface area (Å²) < 4.78 is 14.7. The number of halogens is 1. The van der Waals surface area contributed by atoms with Crippen LogP contribution in [0.4, 0.5) is 10.1 Å².